The summed E-state index contributed by atoms with van der Waals surface area (Å²) in [6.45, 7) is 7.93. The highest BCUT2D eigenvalue weighted by atomic mass is 16.5. The number of unbranched alkanes of at least 4 members (excludes halogenated alkanes) is 1. The molecule has 39 heavy (non-hydrogen) atoms. The number of hydrogen-bond acceptors (Lipinski definition) is 7. The van der Waals surface area contributed by atoms with Crippen LogP contribution in [-0.2, 0) is 6.42 Å². The standard InChI is InChI=1S/C31H47N3O5/c1-5-6-7-30-25(20-35)16-27(39-30)10-8-23-9-11-29(37)31(14-23)38-13-12-26-15-24(18-33-26)22(3)28(19-32-4)34-17-21(2)36/h9,11,14-16,18,21-22,28,30,32,34-36,39H,5-8,10,12-13,17,19-20H2,1-4H3/p+1/t21-,22-,28-,30?/m0/s1. The lowest BCUT2D eigenvalue weighted by Gasteiger charge is -2.24. The predicted molar refractivity (Wildman–Crippen MR) is 157 cm³/mol. The van der Waals surface area contributed by atoms with E-state index in [4.69, 9.17) is 9.47 Å². The van der Waals surface area contributed by atoms with E-state index in [0.717, 1.165) is 67.5 Å². The van der Waals surface area contributed by atoms with Crippen molar-refractivity contribution in [3.63, 3.8) is 0 Å². The SMILES string of the molecule is CCCCC1[OH+][C-](CCc2ccc(O)c(OCCC3=C[C+]([C@H](C)[C@H](CNC)NC[C@H](C)O)C=N3)c2)C=C1CO. The number of aromatic hydroxyl groups is 1. The van der Waals surface area contributed by atoms with Crippen molar-refractivity contribution in [3.8, 4) is 11.5 Å². The highest BCUT2D eigenvalue weighted by Gasteiger charge is 2.33. The highest BCUT2D eigenvalue weighted by Crippen LogP contribution is 2.32. The Morgan fingerprint density at radius 2 is 2.05 bits per heavy atom. The Hall–Kier alpha value is -2.49. The first-order valence-corrected chi connectivity index (χ1v) is 14.3. The molecule has 1 aromatic carbocycles. The molecule has 2 aliphatic heterocycles. The lowest BCUT2D eigenvalue weighted by atomic mass is 9.88. The van der Waals surface area contributed by atoms with Gasteiger partial charge in [0.15, 0.2) is 17.2 Å². The van der Waals surface area contributed by atoms with Gasteiger partial charge in [0, 0.05) is 32.2 Å². The number of ether oxygens (including phenoxy) is 2. The Balaban J connectivity index is 1.48. The van der Waals surface area contributed by atoms with Crippen LogP contribution in [0.15, 0.2) is 46.6 Å². The third-order valence-corrected chi connectivity index (χ3v) is 7.37. The summed E-state index contributed by atoms with van der Waals surface area (Å²) >= 11 is 0. The van der Waals surface area contributed by atoms with E-state index in [9.17, 15) is 15.3 Å². The van der Waals surface area contributed by atoms with Gasteiger partial charge in [-0.2, -0.15) is 0 Å². The van der Waals surface area contributed by atoms with E-state index in [1.54, 1.807) is 13.0 Å². The Morgan fingerprint density at radius 1 is 1.23 bits per heavy atom. The summed E-state index contributed by atoms with van der Waals surface area (Å²) in [7, 11) is 1.93. The van der Waals surface area contributed by atoms with Gasteiger partial charge in [0.1, 0.15) is 30.9 Å². The molecule has 0 amide bonds. The maximum Gasteiger partial charge on any atom is 0.178 e. The van der Waals surface area contributed by atoms with Crippen molar-refractivity contribution < 1.29 is 24.8 Å². The second-order valence-electron chi connectivity index (χ2n) is 10.7. The van der Waals surface area contributed by atoms with Crippen molar-refractivity contribution in [2.24, 2.45) is 10.9 Å². The van der Waals surface area contributed by atoms with Crippen LogP contribution in [0.3, 0.4) is 0 Å². The van der Waals surface area contributed by atoms with Crippen LogP contribution in [0.25, 0.3) is 0 Å². The van der Waals surface area contributed by atoms with Crippen molar-refractivity contribution in [3.05, 3.63) is 59.2 Å². The number of phenolic OH excluding ortho intramolecular Hbond substituents is 1. The first-order valence-electron chi connectivity index (χ1n) is 14.3. The molecule has 8 nitrogen and oxygen atoms in total. The molecule has 0 aliphatic carbocycles. The molecule has 0 bridgehead atoms. The summed E-state index contributed by atoms with van der Waals surface area (Å²) < 4.78 is 10.8. The molecule has 8 heteroatoms. The molecule has 1 aromatic rings. The van der Waals surface area contributed by atoms with E-state index >= 15 is 0 Å². The number of phenols is 1. The van der Waals surface area contributed by atoms with Gasteiger partial charge in [-0.05, 0) is 57.9 Å². The number of benzene rings is 1. The van der Waals surface area contributed by atoms with Gasteiger partial charge in [0.05, 0.1) is 24.5 Å². The first-order chi connectivity index (χ1) is 18.8. The van der Waals surface area contributed by atoms with Gasteiger partial charge in [0.25, 0.3) is 0 Å². The summed E-state index contributed by atoms with van der Waals surface area (Å²) in [6, 6.07) is 5.68. The Bertz CT molecular complexity index is 977. The number of hydrogen-bond donors (Lipinski definition) is 5. The summed E-state index contributed by atoms with van der Waals surface area (Å²) in [5, 5.41) is 36.3. The largest absolute Gasteiger partial charge is 0.504 e. The van der Waals surface area contributed by atoms with Gasteiger partial charge in [-0.15, -0.1) is 16.6 Å². The minimum Gasteiger partial charge on any atom is -0.504 e. The van der Waals surface area contributed by atoms with Crippen molar-refractivity contribution >= 4 is 6.21 Å². The molecule has 1 unspecified atom stereocenters. The number of allylic oxidation sites excluding steroid dienone is 1. The third-order valence-electron chi connectivity index (χ3n) is 7.37. The summed E-state index contributed by atoms with van der Waals surface area (Å²) in [5.41, 5.74) is 3.04. The fraction of sp³-hybridized carbons (Fsp3) is 0.581. The van der Waals surface area contributed by atoms with Gasteiger partial charge < -0.3 is 35.4 Å². The molecule has 4 atom stereocenters. The second-order valence-corrected chi connectivity index (χ2v) is 10.7. The molecule has 0 fully saturated rings. The summed E-state index contributed by atoms with van der Waals surface area (Å²) in [6.07, 6.45) is 12.3. The zero-order valence-electron chi connectivity index (χ0n) is 24.0. The van der Waals surface area contributed by atoms with Crippen LogP contribution in [0.1, 0.15) is 58.4 Å². The molecular formula is C31H48N3O5+. The summed E-state index contributed by atoms with van der Waals surface area (Å²) in [4.78, 5) is 4.58. The van der Waals surface area contributed by atoms with Crippen LogP contribution < -0.4 is 15.4 Å². The minimum atomic E-state index is -0.396. The third kappa shape index (κ3) is 9.58. The summed E-state index contributed by atoms with van der Waals surface area (Å²) in [5.74, 6) is 1.99. The van der Waals surface area contributed by atoms with Crippen LogP contribution in [0, 0.1) is 17.9 Å². The van der Waals surface area contributed by atoms with Crippen LogP contribution >= 0.6 is 0 Å². The van der Waals surface area contributed by atoms with E-state index in [0.29, 0.717) is 25.3 Å². The Morgan fingerprint density at radius 3 is 2.77 bits per heavy atom. The fourth-order valence-corrected chi connectivity index (χ4v) is 4.94. The number of aliphatic hydroxyl groups excluding tert-OH is 2. The number of aliphatic hydroxyl groups is 4. The molecule has 2 heterocycles. The van der Waals surface area contributed by atoms with Crippen molar-refractivity contribution in [1.82, 2.24) is 10.6 Å². The number of rotatable bonds is 18. The van der Waals surface area contributed by atoms with E-state index in [1.165, 1.54) is 0 Å². The number of nitrogens with one attached hydrogen (secondary N) is 2. The first kappa shape index (κ1) is 31.0. The van der Waals surface area contributed by atoms with Crippen LogP contribution in [0.2, 0.25) is 0 Å². The molecule has 216 valence electrons. The molecule has 0 spiro atoms. The number of aliphatic imine (C=N–C) groups is 1. The molecular weight excluding hydrogens is 494 g/mol. The van der Waals surface area contributed by atoms with Crippen LogP contribution in [-0.4, -0.2) is 77.9 Å². The smallest absolute Gasteiger partial charge is 0.178 e. The maximum absolute atomic E-state index is 10.3. The number of aryl methyl sites for hydroxylation is 1. The zero-order valence-corrected chi connectivity index (χ0v) is 24.0. The van der Waals surface area contributed by atoms with Gasteiger partial charge in [0.2, 0.25) is 0 Å². The quantitative estimate of drug-likeness (QED) is 0.143. The fourth-order valence-electron chi connectivity index (χ4n) is 4.94. The van der Waals surface area contributed by atoms with Gasteiger partial charge in [-0.25, -0.2) is 0 Å². The maximum atomic E-state index is 10.3. The zero-order chi connectivity index (χ0) is 28.2. The number of likely N-dealkylation sites (N-methyl/N-ethyl adjacent to an activating group) is 1. The van der Waals surface area contributed by atoms with Gasteiger partial charge >= 0.3 is 0 Å². The topological polar surface area (TPSA) is 119 Å². The van der Waals surface area contributed by atoms with E-state index in [-0.39, 0.29) is 30.4 Å². The number of nitrogens with zero attached hydrogens (tertiary/aromatic N) is 1. The molecule has 0 aromatic heterocycles. The highest BCUT2D eigenvalue weighted by molar-refractivity contribution is 5.83. The molecule has 0 saturated heterocycles. The van der Waals surface area contributed by atoms with E-state index < -0.39 is 6.10 Å². The molecule has 0 radical (unpaired) electrons. The lowest BCUT2D eigenvalue weighted by Crippen LogP contribution is -2.46. The van der Waals surface area contributed by atoms with Gasteiger partial charge in [-0.1, -0.05) is 19.4 Å². The van der Waals surface area contributed by atoms with E-state index in [2.05, 4.69) is 35.5 Å². The van der Waals surface area contributed by atoms with E-state index in [1.807, 2.05) is 31.5 Å². The molecule has 0 saturated carbocycles. The average molecular weight is 543 g/mol. The monoisotopic (exact) mass is 542 g/mol. The molecule has 2 aliphatic rings. The second kappa shape index (κ2) is 15.9. The predicted octanol–water partition coefficient (Wildman–Crippen LogP) is 3.38. The van der Waals surface area contributed by atoms with Crippen LogP contribution in [0.4, 0.5) is 0 Å². The van der Waals surface area contributed by atoms with Gasteiger partial charge in [-0.3, -0.25) is 0 Å². The Kier molecular flexibility index (Phi) is 12.7. The van der Waals surface area contributed by atoms with Crippen LogP contribution in [0.5, 0.6) is 11.5 Å². The van der Waals surface area contributed by atoms with Crippen molar-refractivity contribution in [1.29, 1.82) is 0 Å². The Labute approximate surface area is 234 Å². The average Bonchev–Trinajstić information content (AvgIpc) is 3.56. The normalized spacial score (nSPS) is 19.3. The minimum absolute atomic E-state index is 0.0631. The van der Waals surface area contributed by atoms with Crippen molar-refractivity contribution in [2.75, 3.05) is 33.4 Å². The molecule has 3 rings (SSSR count). The lowest BCUT2D eigenvalue weighted by molar-refractivity contribution is -0.0550. The molecule has 6 N–H and O–H groups in total. The van der Waals surface area contributed by atoms with Crippen molar-refractivity contribution in [2.45, 2.75) is 77.5 Å².